The second-order valence-corrected chi connectivity index (χ2v) is 5.59. The Morgan fingerprint density at radius 1 is 1.12 bits per heavy atom. The van der Waals surface area contributed by atoms with Gasteiger partial charge in [0.15, 0.2) is 0 Å². The largest absolute Gasteiger partial charge is 0.339 e. The highest BCUT2D eigenvalue weighted by atomic mass is 16.2. The predicted octanol–water partition coefficient (Wildman–Crippen LogP) is 2.30. The Bertz CT molecular complexity index is 253. The van der Waals surface area contributed by atoms with Gasteiger partial charge < -0.3 is 10.6 Å². The minimum Gasteiger partial charge on any atom is -0.339 e. The summed E-state index contributed by atoms with van der Waals surface area (Å²) in [6, 6.07) is 0.572. The Morgan fingerprint density at radius 3 is 2.71 bits per heavy atom. The standard InChI is InChI=1S/C14H26N2O/c15-10-4-3-9-14(17)16-11-5-7-12-6-1-2-8-13(12)16/h12-13H,1-11,15H2/t12-,13-/m1/s1. The summed E-state index contributed by atoms with van der Waals surface area (Å²) < 4.78 is 0. The van der Waals surface area contributed by atoms with Crippen molar-refractivity contribution in [2.45, 2.75) is 63.8 Å². The summed E-state index contributed by atoms with van der Waals surface area (Å²) in [6.45, 7) is 1.71. The zero-order chi connectivity index (χ0) is 12.1. The molecule has 2 rings (SSSR count). The van der Waals surface area contributed by atoms with Crippen LogP contribution in [0, 0.1) is 5.92 Å². The molecule has 0 aromatic carbocycles. The molecule has 1 heterocycles. The van der Waals surface area contributed by atoms with E-state index in [-0.39, 0.29) is 0 Å². The third-order valence-electron chi connectivity index (χ3n) is 4.41. The first kappa shape index (κ1) is 12.9. The lowest BCUT2D eigenvalue weighted by molar-refractivity contribution is -0.137. The number of hydrogen-bond acceptors (Lipinski definition) is 2. The molecule has 1 saturated carbocycles. The van der Waals surface area contributed by atoms with Gasteiger partial charge in [-0.05, 0) is 51.0 Å². The molecule has 2 atom stereocenters. The summed E-state index contributed by atoms with van der Waals surface area (Å²) in [6.07, 6.45) is 10.5. The minimum atomic E-state index is 0.384. The van der Waals surface area contributed by atoms with Crippen LogP contribution in [0.2, 0.25) is 0 Å². The van der Waals surface area contributed by atoms with Gasteiger partial charge in [0.2, 0.25) is 5.91 Å². The van der Waals surface area contributed by atoms with Gasteiger partial charge in [-0.25, -0.2) is 0 Å². The lowest BCUT2D eigenvalue weighted by Crippen LogP contribution is -2.49. The number of carbonyl (C=O) groups excluding carboxylic acids is 1. The Morgan fingerprint density at radius 2 is 1.88 bits per heavy atom. The first-order valence-corrected chi connectivity index (χ1v) is 7.32. The number of carbonyl (C=O) groups is 1. The van der Waals surface area contributed by atoms with E-state index in [0.717, 1.165) is 25.3 Å². The van der Waals surface area contributed by atoms with E-state index in [1.807, 2.05) is 0 Å². The summed E-state index contributed by atoms with van der Waals surface area (Å²) >= 11 is 0. The van der Waals surface area contributed by atoms with Crippen molar-refractivity contribution in [2.24, 2.45) is 11.7 Å². The molecule has 0 aromatic rings. The molecule has 2 fully saturated rings. The van der Waals surface area contributed by atoms with E-state index in [2.05, 4.69) is 4.90 Å². The number of hydrogen-bond donors (Lipinski definition) is 1. The molecule has 1 saturated heterocycles. The van der Waals surface area contributed by atoms with Crippen LogP contribution in [0.5, 0.6) is 0 Å². The SMILES string of the molecule is NCCCCC(=O)N1CCC[C@H]2CCCC[C@H]21. The number of piperidine rings is 1. The number of amides is 1. The molecule has 1 aliphatic heterocycles. The molecule has 1 amide bonds. The quantitative estimate of drug-likeness (QED) is 0.764. The smallest absolute Gasteiger partial charge is 0.222 e. The molecule has 98 valence electrons. The zero-order valence-electron chi connectivity index (χ0n) is 10.9. The fraction of sp³-hybridized carbons (Fsp3) is 0.929. The van der Waals surface area contributed by atoms with Crippen molar-refractivity contribution in [3.63, 3.8) is 0 Å². The van der Waals surface area contributed by atoms with Crippen LogP contribution in [0.1, 0.15) is 57.8 Å². The van der Waals surface area contributed by atoms with E-state index in [0.29, 0.717) is 24.9 Å². The third-order valence-corrected chi connectivity index (χ3v) is 4.41. The molecular formula is C14H26N2O. The summed E-state index contributed by atoms with van der Waals surface area (Å²) in [4.78, 5) is 14.4. The van der Waals surface area contributed by atoms with E-state index >= 15 is 0 Å². The van der Waals surface area contributed by atoms with Gasteiger partial charge in [-0.1, -0.05) is 12.8 Å². The van der Waals surface area contributed by atoms with Crippen molar-refractivity contribution in [1.29, 1.82) is 0 Å². The van der Waals surface area contributed by atoms with Gasteiger partial charge in [-0.3, -0.25) is 4.79 Å². The van der Waals surface area contributed by atoms with Gasteiger partial charge in [-0.2, -0.15) is 0 Å². The van der Waals surface area contributed by atoms with Crippen molar-refractivity contribution < 1.29 is 4.79 Å². The average molecular weight is 238 g/mol. The third kappa shape index (κ3) is 3.21. The van der Waals surface area contributed by atoms with Crippen LogP contribution < -0.4 is 5.73 Å². The lowest BCUT2D eigenvalue weighted by Gasteiger charge is -2.44. The van der Waals surface area contributed by atoms with Crippen molar-refractivity contribution in [1.82, 2.24) is 4.90 Å². The topological polar surface area (TPSA) is 46.3 Å². The lowest BCUT2D eigenvalue weighted by atomic mass is 9.78. The number of fused-ring (bicyclic) bond motifs is 1. The Kier molecular flexibility index (Phi) is 4.84. The van der Waals surface area contributed by atoms with Crippen LogP contribution in [-0.2, 0) is 4.79 Å². The molecule has 2 aliphatic rings. The molecule has 0 aromatic heterocycles. The molecule has 1 aliphatic carbocycles. The number of nitrogens with two attached hydrogens (primary N) is 1. The Balaban J connectivity index is 1.87. The first-order chi connectivity index (χ1) is 8.33. The molecule has 0 spiro atoms. The van der Waals surface area contributed by atoms with Gasteiger partial charge >= 0.3 is 0 Å². The maximum Gasteiger partial charge on any atom is 0.222 e. The van der Waals surface area contributed by atoms with Crippen molar-refractivity contribution in [2.75, 3.05) is 13.1 Å². The maximum atomic E-state index is 12.2. The molecule has 17 heavy (non-hydrogen) atoms. The normalized spacial score (nSPS) is 28.9. The molecule has 2 N–H and O–H groups in total. The Labute approximate surface area is 105 Å². The maximum absolute atomic E-state index is 12.2. The molecular weight excluding hydrogens is 212 g/mol. The summed E-state index contributed by atoms with van der Waals surface area (Å²) in [5.41, 5.74) is 5.47. The van der Waals surface area contributed by atoms with Crippen molar-refractivity contribution in [3.8, 4) is 0 Å². The van der Waals surface area contributed by atoms with E-state index in [1.54, 1.807) is 0 Å². The van der Waals surface area contributed by atoms with Crippen LogP contribution in [0.3, 0.4) is 0 Å². The fourth-order valence-electron chi connectivity index (χ4n) is 3.50. The predicted molar refractivity (Wildman–Crippen MR) is 69.6 cm³/mol. The second-order valence-electron chi connectivity index (χ2n) is 5.59. The molecule has 3 nitrogen and oxygen atoms in total. The highest BCUT2D eigenvalue weighted by Gasteiger charge is 2.35. The van der Waals surface area contributed by atoms with E-state index in [4.69, 9.17) is 5.73 Å². The van der Waals surface area contributed by atoms with Gasteiger partial charge in [0, 0.05) is 19.0 Å². The molecule has 0 radical (unpaired) electrons. The van der Waals surface area contributed by atoms with Crippen LogP contribution in [0.15, 0.2) is 0 Å². The molecule has 3 heteroatoms. The van der Waals surface area contributed by atoms with Crippen LogP contribution in [0.4, 0.5) is 0 Å². The van der Waals surface area contributed by atoms with Gasteiger partial charge in [0.05, 0.1) is 0 Å². The fourth-order valence-corrected chi connectivity index (χ4v) is 3.50. The first-order valence-electron chi connectivity index (χ1n) is 7.32. The average Bonchev–Trinajstić information content (AvgIpc) is 2.38. The van der Waals surface area contributed by atoms with Crippen molar-refractivity contribution >= 4 is 5.91 Å². The van der Waals surface area contributed by atoms with Gasteiger partial charge in [0.25, 0.3) is 0 Å². The van der Waals surface area contributed by atoms with Crippen LogP contribution in [-0.4, -0.2) is 29.9 Å². The number of nitrogens with zero attached hydrogens (tertiary/aromatic N) is 1. The number of rotatable bonds is 4. The Hall–Kier alpha value is -0.570. The highest BCUT2D eigenvalue weighted by molar-refractivity contribution is 5.76. The second kappa shape index (κ2) is 6.39. The molecule has 0 unspecified atom stereocenters. The summed E-state index contributed by atoms with van der Waals surface area (Å²) in [7, 11) is 0. The number of likely N-dealkylation sites (tertiary alicyclic amines) is 1. The van der Waals surface area contributed by atoms with E-state index < -0.39 is 0 Å². The summed E-state index contributed by atoms with van der Waals surface area (Å²) in [5, 5.41) is 0. The van der Waals surface area contributed by atoms with Crippen LogP contribution >= 0.6 is 0 Å². The summed E-state index contributed by atoms with van der Waals surface area (Å²) in [5.74, 6) is 1.19. The highest BCUT2D eigenvalue weighted by Crippen LogP contribution is 2.35. The van der Waals surface area contributed by atoms with Gasteiger partial charge in [-0.15, -0.1) is 0 Å². The van der Waals surface area contributed by atoms with E-state index in [1.165, 1.54) is 38.5 Å². The van der Waals surface area contributed by atoms with E-state index in [9.17, 15) is 4.79 Å². The number of unbranched alkanes of at least 4 members (excludes halogenated alkanes) is 1. The van der Waals surface area contributed by atoms with Crippen LogP contribution in [0.25, 0.3) is 0 Å². The van der Waals surface area contributed by atoms with Gasteiger partial charge in [0.1, 0.15) is 0 Å². The molecule has 0 bridgehead atoms. The van der Waals surface area contributed by atoms with Crippen molar-refractivity contribution in [3.05, 3.63) is 0 Å². The minimum absolute atomic E-state index is 0.384. The monoisotopic (exact) mass is 238 g/mol. The zero-order valence-corrected chi connectivity index (χ0v) is 10.9.